The average molecular weight is 274 g/mol. The molecule has 2 aliphatic rings. The van der Waals surface area contributed by atoms with Gasteiger partial charge in [-0.05, 0) is 13.8 Å². The van der Waals surface area contributed by atoms with E-state index in [0.29, 0.717) is 16.3 Å². The fourth-order valence-electron chi connectivity index (χ4n) is 2.60. The van der Waals surface area contributed by atoms with Crippen molar-refractivity contribution in [1.29, 1.82) is 5.41 Å². The van der Waals surface area contributed by atoms with Crippen molar-refractivity contribution in [2.45, 2.75) is 13.8 Å². The molecule has 102 valence electrons. The van der Waals surface area contributed by atoms with E-state index in [1.807, 2.05) is 0 Å². The number of nitrogens with zero attached hydrogens (tertiary/aromatic N) is 3. The molecule has 1 aliphatic heterocycles. The molecule has 0 radical (unpaired) electrons. The Kier molecular flexibility index (Phi) is 2.64. The van der Waals surface area contributed by atoms with Gasteiger partial charge in [0.05, 0.1) is 33.3 Å². The summed E-state index contributed by atoms with van der Waals surface area (Å²) in [6, 6.07) is 0. The van der Waals surface area contributed by atoms with Crippen LogP contribution in [0.2, 0.25) is 0 Å². The van der Waals surface area contributed by atoms with Gasteiger partial charge >= 0.3 is 0 Å². The molecule has 1 aliphatic carbocycles. The Balaban J connectivity index is 2.62. The zero-order valence-corrected chi connectivity index (χ0v) is 11.3. The molecule has 1 aromatic rings. The number of nitrogens with one attached hydrogen (secondary N) is 1. The van der Waals surface area contributed by atoms with E-state index in [9.17, 15) is 8.78 Å². The van der Waals surface area contributed by atoms with Crippen LogP contribution in [-0.4, -0.2) is 25.1 Å². The van der Waals surface area contributed by atoms with Gasteiger partial charge in [0.2, 0.25) is 0 Å². The minimum absolute atomic E-state index is 0.0256. The van der Waals surface area contributed by atoms with Crippen molar-refractivity contribution in [2.24, 2.45) is 15.0 Å². The number of halogens is 2. The topological polar surface area (TPSA) is 60.9 Å². The molecule has 1 heterocycles. The van der Waals surface area contributed by atoms with Crippen molar-refractivity contribution in [3.63, 3.8) is 0 Å². The maximum atomic E-state index is 14.6. The Bertz CT molecular complexity index is 847. The third kappa shape index (κ3) is 1.39. The molecule has 0 fully saturated rings. The molecule has 1 aromatic carbocycles. The Hall–Kier alpha value is -2.24. The molecule has 3 rings (SSSR count). The fourth-order valence-corrected chi connectivity index (χ4v) is 2.60. The summed E-state index contributed by atoms with van der Waals surface area (Å²) in [7, 11) is 1.47. The molecule has 0 unspecified atom stereocenters. The summed E-state index contributed by atoms with van der Waals surface area (Å²) in [6.45, 7) is 3.25. The predicted molar refractivity (Wildman–Crippen MR) is 72.2 cm³/mol. The minimum Gasteiger partial charge on any atom is -0.298 e. The van der Waals surface area contributed by atoms with Crippen LogP contribution in [0.1, 0.15) is 23.6 Å². The zero-order chi connectivity index (χ0) is 14.6. The van der Waals surface area contributed by atoms with Gasteiger partial charge < -0.3 is 0 Å². The van der Waals surface area contributed by atoms with Crippen LogP contribution in [0.5, 0.6) is 0 Å². The molecule has 0 spiro atoms. The second-order valence-electron chi connectivity index (χ2n) is 4.73. The molecule has 6 heteroatoms. The van der Waals surface area contributed by atoms with E-state index in [2.05, 4.69) is 15.0 Å². The third-order valence-electron chi connectivity index (χ3n) is 3.69. The summed E-state index contributed by atoms with van der Waals surface area (Å²) < 4.78 is 29.1. The molecule has 4 nitrogen and oxygen atoms in total. The van der Waals surface area contributed by atoms with E-state index in [1.165, 1.54) is 14.0 Å². The van der Waals surface area contributed by atoms with E-state index in [4.69, 9.17) is 5.41 Å². The quantitative estimate of drug-likeness (QED) is 0.745. The van der Waals surface area contributed by atoms with Crippen molar-refractivity contribution in [3.8, 4) is 0 Å². The van der Waals surface area contributed by atoms with E-state index < -0.39 is 11.6 Å². The number of allylic oxidation sites excluding steroid dienone is 1. The Morgan fingerprint density at radius 3 is 2.40 bits per heavy atom. The lowest BCUT2D eigenvalue weighted by molar-refractivity contribution is 0.610. The van der Waals surface area contributed by atoms with Gasteiger partial charge in [-0.1, -0.05) is 0 Å². The standard InChI is InChI=1S/C14H12F2N4/c1-5-9(15)8-7(13(18-3)11(5)17)10(16)6(2)12-14(8)20-4-19-12/h17H,4H2,1-3H3. The molecule has 0 atom stereocenters. The average Bonchev–Trinajstić information content (AvgIpc) is 2.91. The van der Waals surface area contributed by atoms with Crippen molar-refractivity contribution >= 4 is 17.3 Å². The van der Waals surface area contributed by atoms with E-state index in [-0.39, 0.29) is 34.8 Å². The van der Waals surface area contributed by atoms with Gasteiger partial charge in [-0.25, -0.2) is 8.78 Å². The van der Waals surface area contributed by atoms with E-state index in [0.717, 1.165) is 0 Å². The van der Waals surface area contributed by atoms with Crippen molar-refractivity contribution in [3.05, 3.63) is 38.8 Å². The second kappa shape index (κ2) is 4.13. The molecular formula is C14H12F2N4. The largest absolute Gasteiger partial charge is 0.298 e. The van der Waals surface area contributed by atoms with Crippen LogP contribution in [0.15, 0.2) is 20.6 Å². The summed E-state index contributed by atoms with van der Waals surface area (Å²) >= 11 is 0. The lowest BCUT2D eigenvalue weighted by atomic mass is 9.86. The number of fused-ring (bicyclic) bond motifs is 3. The minimum atomic E-state index is -0.617. The lowest BCUT2D eigenvalue weighted by Gasteiger charge is -2.20. The first kappa shape index (κ1) is 12.8. The third-order valence-corrected chi connectivity index (χ3v) is 3.69. The summed E-state index contributed by atoms with van der Waals surface area (Å²) in [5.74, 6) is -1.19. The van der Waals surface area contributed by atoms with Crippen molar-refractivity contribution in [2.75, 3.05) is 13.7 Å². The smallest absolute Gasteiger partial charge is 0.138 e. The normalized spacial score (nSPS) is 18.9. The molecule has 0 saturated heterocycles. The van der Waals surface area contributed by atoms with Crippen LogP contribution in [0, 0.1) is 18.2 Å². The monoisotopic (exact) mass is 274 g/mol. The number of hydrogen-bond donors (Lipinski definition) is 1. The number of aliphatic imine (C=N–C) groups is 1. The first-order valence-electron chi connectivity index (χ1n) is 6.13. The van der Waals surface area contributed by atoms with Crippen molar-refractivity contribution < 1.29 is 8.78 Å². The Morgan fingerprint density at radius 1 is 1.10 bits per heavy atom. The number of rotatable bonds is 0. The van der Waals surface area contributed by atoms with Crippen molar-refractivity contribution in [1.82, 2.24) is 0 Å². The number of hydrogen-bond acceptors (Lipinski definition) is 4. The van der Waals surface area contributed by atoms with E-state index in [1.54, 1.807) is 6.92 Å². The molecule has 1 N–H and O–H groups in total. The maximum Gasteiger partial charge on any atom is 0.138 e. The van der Waals surface area contributed by atoms with E-state index >= 15 is 0 Å². The molecule has 0 bridgehead atoms. The maximum absolute atomic E-state index is 14.6. The zero-order valence-electron chi connectivity index (χ0n) is 11.3. The van der Waals surface area contributed by atoms with Gasteiger partial charge in [0.25, 0.3) is 0 Å². The first-order valence-corrected chi connectivity index (χ1v) is 6.13. The van der Waals surface area contributed by atoms with Gasteiger partial charge in [-0.2, -0.15) is 0 Å². The second-order valence-corrected chi connectivity index (χ2v) is 4.73. The molecular weight excluding hydrogens is 262 g/mol. The van der Waals surface area contributed by atoms with Gasteiger partial charge in [-0.15, -0.1) is 0 Å². The van der Waals surface area contributed by atoms with Crippen LogP contribution in [0.25, 0.3) is 5.83 Å². The van der Waals surface area contributed by atoms with Crippen LogP contribution < -0.4 is 10.7 Å². The summed E-state index contributed by atoms with van der Waals surface area (Å²) in [4.78, 5) is 12.2. The van der Waals surface area contributed by atoms with Gasteiger partial charge in [0.1, 0.15) is 18.3 Å². The van der Waals surface area contributed by atoms with Crippen LogP contribution in [0.4, 0.5) is 8.78 Å². The Morgan fingerprint density at radius 2 is 1.75 bits per heavy atom. The summed E-state index contributed by atoms with van der Waals surface area (Å²) in [5.41, 5.74) is 0.637. The fraction of sp³-hybridized carbons (Fsp3) is 0.286. The molecule has 0 saturated carbocycles. The lowest BCUT2D eigenvalue weighted by Crippen LogP contribution is -2.37. The van der Waals surface area contributed by atoms with Gasteiger partial charge in [-0.3, -0.25) is 20.4 Å². The molecule has 0 amide bonds. The first-order chi connectivity index (χ1) is 9.49. The molecule has 20 heavy (non-hydrogen) atoms. The SMILES string of the molecule is CN=C1C(=N)C(C)=C(F)c2c1c(F)c(C)c1c2=NCN=1. The summed E-state index contributed by atoms with van der Waals surface area (Å²) in [5, 5.41) is 8.69. The number of benzene rings is 1. The van der Waals surface area contributed by atoms with Crippen LogP contribution in [-0.2, 0) is 0 Å². The summed E-state index contributed by atoms with van der Waals surface area (Å²) in [6.07, 6.45) is 0. The van der Waals surface area contributed by atoms with Gasteiger partial charge in [0.15, 0.2) is 0 Å². The molecule has 0 aromatic heterocycles. The highest BCUT2D eigenvalue weighted by Crippen LogP contribution is 2.30. The highest BCUT2D eigenvalue weighted by atomic mass is 19.1. The highest BCUT2D eigenvalue weighted by molar-refractivity contribution is 6.55. The highest BCUT2D eigenvalue weighted by Gasteiger charge is 2.32. The predicted octanol–water partition coefficient (Wildman–Crippen LogP) is 1.50. The van der Waals surface area contributed by atoms with Gasteiger partial charge in [0, 0.05) is 18.2 Å². The van der Waals surface area contributed by atoms with Crippen LogP contribution in [0.3, 0.4) is 0 Å². The van der Waals surface area contributed by atoms with Crippen LogP contribution >= 0.6 is 0 Å². The Labute approximate surface area is 113 Å².